The molecule has 4 amide bonds. The van der Waals surface area contributed by atoms with E-state index < -0.39 is 17.7 Å². The van der Waals surface area contributed by atoms with Gasteiger partial charge in [0.25, 0.3) is 17.7 Å². The van der Waals surface area contributed by atoms with Gasteiger partial charge < -0.3 is 5.32 Å². The van der Waals surface area contributed by atoms with Crippen LogP contribution in [0.3, 0.4) is 0 Å². The maximum atomic E-state index is 12.3. The van der Waals surface area contributed by atoms with Crippen LogP contribution >= 0.6 is 0 Å². The van der Waals surface area contributed by atoms with Gasteiger partial charge in [0.15, 0.2) is 0 Å². The van der Waals surface area contributed by atoms with Crippen molar-refractivity contribution < 1.29 is 19.2 Å². The predicted molar refractivity (Wildman–Crippen MR) is 92.2 cm³/mol. The lowest BCUT2D eigenvalue weighted by Gasteiger charge is -2.15. The summed E-state index contributed by atoms with van der Waals surface area (Å²) in [5.74, 6) is -1.64. The molecule has 0 unspecified atom stereocenters. The van der Waals surface area contributed by atoms with Crippen LogP contribution in [-0.4, -0.2) is 28.6 Å². The van der Waals surface area contributed by atoms with Gasteiger partial charge in [0.2, 0.25) is 5.91 Å². The molecule has 0 spiro atoms. The SMILES string of the molecule is O=C(NN1C(=O)c2ccccc2C1=O)c1ccc(NC(=O)C2CC2)cc1. The highest BCUT2D eigenvalue weighted by Crippen LogP contribution is 2.30. The fraction of sp³-hybridized carbons (Fsp3) is 0.158. The van der Waals surface area contributed by atoms with Crippen molar-refractivity contribution in [2.45, 2.75) is 12.8 Å². The number of hydrogen-bond acceptors (Lipinski definition) is 4. The van der Waals surface area contributed by atoms with Gasteiger partial charge in [0, 0.05) is 17.2 Å². The minimum atomic E-state index is -0.584. The van der Waals surface area contributed by atoms with Crippen LogP contribution in [0.25, 0.3) is 0 Å². The van der Waals surface area contributed by atoms with Crippen molar-refractivity contribution in [3.63, 3.8) is 0 Å². The minimum absolute atomic E-state index is 0.0202. The van der Waals surface area contributed by atoms with E-state index in [2.05, 4.69) is 10.7 Å². The van der Waals surface area contributed by atoms with Crippen molar-refractivity contribution in [3.8, 4) is 0 Å². The van der Waals surface area contributed by atoms with Gasteiger partial charge in [-0.3, -0.25) is 24.6 Å². The number of nitrogens with one attached hydrogen (secondary N) is 2. The summed E-state index contributed by atoms with van der Waals surface area (Å²) in [7, 11) is 0. The molecule has 2 aliphatic rings. The van der Waals surface area contributed by atoms with Crippen LogP contribution in [0.5, 0.6) is 0 Å². The van der Waals surface area contributed by atoms with E-state index >= 15 is 0 Å². The second-order valence-corrected chi connectivity index (χ2v) is 6.27. The Morgan fingerprint density at radius 3 is 2.00 bits per heavy atom. The summed E-state index contributed by atoms with van der Waals surface area (Å²) >= 11 is 0. The zero-order chi connectivity index (χ0) is 18.3. The van der Waals surface area contributed by atoms with Crippen LogP contribution in [-0.2, 0) is 4.79 Å². The molecule has 1 saturated carbocycles. The zero-order valence-electron chi connectivity index (χ0n) is 13.7. The molecule has 26 heavy (non-hydrogen) atoms. The number of imide groups is 1. The minimum Gasteiger partial charge on any atom is -0.326 e. The highest BCUT2D eigenvalue weighted by molar-refractivity contribution is 6.22. The number of carbonyl (C=O) groups is 4. The summed E-state index contributed by atoms with van der Waals surface area (Å²) in [5, 5.41) is 3.50. The largest absolute Gasteiger partial charge is 0.326 e. The number of hydrogen-bond donors (Lipinski definition) is 2. The van der Waals surface area contributed by atoms with Crippen molar-refractivity contribution in [3.05, 3.63) is 65.2 Å². The van der Waals surface area contributed by atoms with Crippen molar-refractivity contribution >= 4 is 29.3 Å². The molecule has 1 heterocycles. The number of anilines is 1. The van der Waals surface area contributed by atoms with E-state index in [1.54, 1.807) is 36.4 Å². The third kappa shape index (κ3) is 2.83. The molecule has 2 aromatic rings. The summed E-state index contributed by atoms with van der Waals surface area (Å²) in [6, 6.07) is 12.7. The van der Waals surface area contributed by atoms with Gasteiger partial charge >= 0.3 is 0 Å². The van der Waals surface area contributed by atoms with Crippen molar-refractivity contribution in [1.29, 1.82) is 0 Å². The lowest BCUT2D eigenvalue weighted by atomic mass is 10.1. The highest BCUT2D eigenvalue weighted by atomic mass is 16.2. The number of amides is 4. The Kier molecular flexibility index (Phi) is 3.76. The molecule has 0 aromatic heterocycles. The molecule has 7 nitrogen and oxygen atoms in total. The van der Waals surface area contributed by atoms with Crippen LogP contribution in [0.1, 0.15) is 43.9 Å². The standard InChI is InChI=1S/C19H15N3O4/c23-16(11-5-6-11)20-13-9-7-12(8-10-13)17(24)21-22-18(25)14-3-1-2-4-15(14)19(22)26/h1-4,7-11H,5-6H2,(H,20,23)(H,21,24). The molecular formula is C19H15N3O4. The maximum Gasteiger partial charge on any atom is 0.280 e. The molecule has 0 radical (unpaired) electrons. The first-order chi connectivity index (χ1) is 12.5. The Bertz CT molecular complexity index is 897. The van der Waals surface area contributed by atoms with E-state index in [0.717, 1.165) is 17.9 Å². The van der Waals surface area contributed by atoms with E-state index in [4.69, 9.17) is 0 Å². The molecule has 4 rings (SSSR count). The number of carbonyl (C=O) groups excluding carboxylic acids is 4. The summed E-state index contributed by atoms with van der Waals surface area (Å²) in [4.78, 5) is 48.6. The van der Waals surface area contributed by atoms with Crippen molar-refractivity contribution in [2.24, 2.45) is 5.92 Å². The summed E-state index contributed by atoms with van der Waals surface area (Å²) in [5.41, 5.74) is 3.72. The van der Waals surface area contributed by atoms with Crippen LogP contribution in [0, 0.1) is 5.92 Å². The van der Waals surface area contributed by atoms with Gasteiger partial charge in [-0.1, -0.05) is 12.1 Å². The quantitative estimate of drug-likeness (QED) is 0.825. The third-order valence-corrected chi connectivity index (χ3v) is 4.37. The average Bonchev–Trinajstić information content (AvgIpc) is 3.47. The molecule has 0 atom stereocenters. The molecule has 7 heteroatoms. The predicted octanol–water partition coefficient (Wildman–Crippen LogP) is 1.98. The number of nitrogens with zero attached hydrogens (tertiary/aromatic N) is 1. The number of hydrazine groups is 1. The molecule has 130 valence electrons. The first-order valence-corrected chi connectivity index (χ1v) is 8.24. The Morgan fingerprint density at radius 1 is 0.885 bits per heavy atom. The average molecular weight is 349 g/mol. The first kappa shape index (κ1) is 16.0. The second-order valence-electron chi connectivity index (χ2n) is 6.27. The monoisotopic (exact) mass is 349 g/mol. The summed E-state index contributed by atoms with van der Waals surface area (Å²) < 4.78 is 0. The van der Waals surface area contributed by atoms with Crippen LogP contribution in [0.2, 0.25) is 0 Å². The lowest BCUT2D eigenvalue weighted by Crippen LogP contribution is -2.45. The number of benzene rings is 2. The fourth-order valence-electron chi connectivity index (χ4n) is 2.75. The Balaban J connectivity index is 1.44. The molecule has 1 fully saturated rings. The molecule has 2 N–H and O–H groups in total. The smallest absolute Gasteiger partial charge is 0.280 e. The molecule has 1 aliphatic heterocycles. The first-order valence-electron chi connectivity index (χ1n) is 8.24. The maximum absolute atomic E-state index is 12.3. The third-order valence-electron chi connectivity index (χ3n) is 4.37. The molecule has 0 saturated heterocycles. The number of fused-ring (bicyclic) bond motifs is 1. The Labute approximate surface area is 149 Å². The van der Waals surface area contributed by atoms with Crippen LogP contribution in [0.4, 0.5) is 5.69 Å². The van der Waals surface area contributed by atoms with Gasteiger partial charge in [0.1, 0.15) is 0 Å². The van der Waals surface area contributed by atoms with Gasteiger partial charge in [-0.2, -0.15) is 5.01 Å². The highest BCUT2D eigenvalue weighted by Gasteiger charge is 2.36. The van der Waals surface area contributed by atoms with E-state index in [-0.39, 0.29) is 28.5 Å². The molecule has 2 aromatic carbocycles. The van der Waals surface area contributed by atoms with E-state index in [1.165, 1.54) is 12.1 Å². The fourth-order valence-corrected chi connectivity index (χ4v) is 2.75. The lowest BCUT2D eigenvalue weighted by molar-refractivity contribution is -0.117. The van der Waals surface area contributed by atoms with Crippen LogP contribution < -0.4 is 10.7 Å². The Morgan fingerprint density at radius 2 is 1.46 bits per heavy atom. The van der Waals surface area contributed by atoms with E-state index in [0.29, 0.717) is 5.69 Å². The second kappa shape index (κ2) is 6.11. The van der Waals surface area contributed by atoms with Gasteiger partial charge in [0.05, 0.1) is 11.1 Å². The topological polar surface area (TPSA) is 95.6 Å². The summed E-state index contributed by atoms with van der Waals surface area (Å²) in [6.45, 7) is 0. The normalized spacial score (nSPS) is 15.6. The molecular weight excluding hydrogens is 334 g/mol. The van der Waals surface area contributed by atoms with Gasteiger partial charge in [-0.05, 0) is 49.2 Å². The molecule has 1 aliphatic carbocycles. The molecule has 0 bridgehead atoms. The van der Waals surface area contributed by atoms with Gasteiger partial charge in [-0.15, -0.1) is 0 Å². The van der Waals surface area contributed by atoms with Gasteiger partial charge in [-0.25, -0.2) is 0 Å². The summed E-state index contributed by atoms with van der Waals surface area (Å²) in [6.07, 6.45) is 1.82. The Hall–Kier alpha value is -3.48. The zero-order valence-corrected chi connectivity index (χ0v) is 13.7. The van der Waals surface area contributed by atoms with Crippen molar-refractivity contribution in [1.82, 2.24) is 10.4 Å². The van der Waals surface area contributed by atoms with E-state index in [1.807, 2.05) is 0 Å². The van der Waals surface area contributed by atoms with Crippen molar-refractivity contribution in [2.75, 3.05) is 5.32 Å². The van der Waals surface area contributed by atoms with E-state index in [9.17, 15) is 19.2 Å². The number of rotatable bonds is 4. The van der Waals surface area contributed by atoms with Crippen LogP contribution in [0.15, 0.2) is 48.5 Å².